The first-order chi connectivity index (χ1) is 15.4. The molecule has 0 bridgehead atoms. The van der Waals surface area contributed by atoms with Gasteiger partial charge < -0.3 is 4.90 Å². The van der Waals surface area contributed by atoms with Gasteiger partial charge in [-0.3, -0.25) is 9.78 Å². The van der Waals surface area contributed by atoms with Crippen LogP contribution >= 0.6 is 0 Å². The van der Waals surface area contributed by atoms with Crippen LogP contribution in [0.5, 0.6) is 0 Å². The van der Waals surface area contributed by atoms with E-state index < -0.39 is 29.4 Å². The fourth-order valence-corrected chi connectivity index (χ4v) is 3.22. The molecule has 1 amide bonds. The molecule has 0 saturated heterocycles. The zero-order valence-electron chi connectivity index (χ0n) is 16.8. The van der Waals surface area contributed by atoms with Crippen LogP contribution in [-0.2, 0) is 12.4 Å². The highest BCUT2D eigenvalue weighted by atomic mass is 19.4. The maximum absolute atomic E-state index is 12.8. The summed E-state index contributed by atoms with van der Waals surface area (Å²) in [7, 11) is 1.43. The molecule has 0 N–H and O–H groups in total. The summed E-state index contributed by atoms with van der Waals surface area (Å²) >= 11 is 0. The van der Waals surface area contributed by atoms with Crippen molar-refractivity contribution in [3.63, 3.8) is 0 Å². The Kier molecular flexibility index (Phi) is 5.35. The monoisotopic (exact) mass is 464 g/mol. The minimum atomic E-state index is -4.57. The minimum absolute atomic E-state index is 0.179. The third kappa shape index (κ3) is 4.38. The maximum atomic E-state index is 12.8. The number of hydrogen-bond acceptors (Lipinski definition) is 3. The van der Waals surface area contributed by atoms with Crippen LogP contribution in [-0.4, -0.2) is 27.6 Å². The summed E-state index contributed by atoms with van der Waals surface area (Å²) in [5.74, 6) is -0.635. The summed E-state index contributed by atoms with van der Waals surface area (Å²) in [4.78, 5) is 17.5. The van der Waals surface area contributed by atoms with Crippen LogP contribution in [0.1, 0.15) is 21.6 Å². The van der Waals surface area contributed by atoms with Crippen molar-refractivity contribution in [3.05, 3.63) is 83.9 Å². The van der Waals surface area contributed by atoms with Crippen molar-refractivity contribution in [1.82, 2.24) is 14.6 Å². The fraction of sp³-hybridized carbons (Fsp3) is 0.136. The van der Waals surface area contributed by atoms with E-state index in [2.05, 4.69) is 10.1 Å². The van der Waals surface area contributed by atoms with Gasteiger partial charge in [-0.25, -0.2) is 4.52 Å². The number of carbonyl (C=O) groups excluding carboxylic acids is 1. The molecule has 11 heteroatoms. The number of amides is 1. The van der Waals surface area contributed by atoms with Crippen molar-refractivity contribution in [3.8, 4) is 11.1 Å². The van der Waals surface area contributed by atoms with Gasteiger partial charge in [0, 0.05) is 30.7 Å². The highest BCUT2D eigenvalue weighted by Gasteiger charge is 2.31. The van der Waals surface area contributed by atoms with Gasteiger partial charge in [-0.1, -0.05) is 12.1 Å². The molecular weight excluding hydrogens is 450 g/mol. The standard InChI is InChI=1S/C22H14F6N4O/c1-31(20(33)18-7-6-15(11-29-18)22(26,27)28)16-8-9-32-19(10-16)17(12-30-32)13-2-4-14(5-3-13)21(23,24)25/h2-12H,1H3. The normalized spacial score (nSPS) is 12.2. The zero-order valence-corrected chi connectivity index (χ0v) is 16.8. The second-order valence-corrected chi connectivity index (χ2v) is 7.14. The SMILES string of the molecule is CN(C(=O)c1ccc(C(F)(F)F)cn1)c1ccn2ncc(-c3ccc(C(F)(F)F)cc3)c2c1. The van der Waals surface area contributed by atoms with Crippen molar-refractivity contribution in [2.24, 2.45) is 0 Å². The van der Waals surface area contributed by atoms with Crippen LogP contribution in [0.15, 0.2) is 67.1 Å². The van der Waals surface area contributed by atoms with Gasteiger partial charge in [0.1, 0.15) is 5.69 Å². The molecule has 1 aromatic carbocycles. The third-order valence-corrected chi connectivity index (χ3v) is 5.03. The van der Waals surface area contributed by atoms with Crippen molar-refractivity contribution >= 4 is 17.1 Å². The average molecular weight is 464 g/mol. The van der Waals surface area contributed by atoms with Gasteiger partial charge in [-0.15, -0.1) is 0 Å². The molecule has 4 aromatic rings. The van der Waals surface area contributed by atoms with E-state index in [-0.39, 0.29) is 5.69 Å². The van der Waals surface area contributed by atoms with Gasteiger partial charge in [0.25, 0.3) is 5.91 Å². The number of fused-ring (bicyclic) bond motifs is 1. The first-order valence-corrected chi connectivity index (χ1v) is 9.41. The molecule has 4 rings (SSSR count). The molecule has 3 aromatic heterocycles. The quantitative estimate of drug-likeness (QED) is 0.365. The molecule has 0 aliphatic heterocycles. The summed E-state index contributed by atoms with van der Waals surface area (Å²) in [6, 6.07) is 9.52. The molecule has 0 saturated carbocycles. The second-order valence-electron chi connectivity index (χ2n) is 7.14. The summed E-state index contributed by atoms with van der Waals surface area (Å²) in [5.41, 5.74) is 0.0194. The van der Waals surface area contributed by atoms with Gasteiger partial charge in [0.15, 0.2) is 0 Å². The topological polar surface area (TPSA) is 50.5 Å². The van der Waals surface area contributed by atoms with Gasteiger partial charge in [-0.05, 0) is 42.0 Å². The second kappa shape index (κ2) is 7.91. The van der Waals surface area contributed by atoms with Crippen LogP contribution in [0.4, 0.5) is 32.0 Å². The Morgan fingerprint density at radius 1 is 0.879 bits per heavy atom. The molecule has 0 spiro atoms. The summed E-state index contributed by atoms with van der Waals surface area (Å²) < 4.78 is 78.2. The Morgan fingerprint density at radius 3 is 2.09 bits per heavy atom. The molecule has 0 fully saturated rings. The summed E-state index contributed by atoms with van der Waals surface area (Å²) in [6.45, 7) is 0. The van der Waals surface area contributed by atoms with Gasteiger partial charge in [-0.2, -0.15) is 31.4 Å². The van der Waals surface area contributed by atoms with Crippen LogP contribution in [0.2, 0.25) is 0 Å². The number of aromatic nitrogens is 3. The van der Waals surface area contributed by atoms with Crippen LogP contribution in [0, 0.1) is 0 Å². The first kappa shape index (κ1) is 22.3. The van der Waals surface area contributed by atoms with E-state index in [1.165, 1.54) is 34.8 Å². The average Bonchev–Trinajstić information content (AvgIpc) is 3.20. The lowest BCUT2D eigenvalue weighted by Gasteiger charge is -2.17. The van der Waals surface area contributed by atoms with E-state index in [4.69, 9.17) is 0 Å². The number of pyridine rings is 2. The van der Waals surface area contributed by atoms with Crippen LogP contribution < -0.4 is 4.90 Å². The van der Waals surface area contributed by atoms with E-state index in [0.717, 1.165) is 24.3 Å². The molecule has 3 heterocycles. The highest BCUT2D eigenvalue weighted by molar-refractivity contribution is 6.04. The number of rotatable bonds is 3. The fourth-order valence-electron chi connectivity index (χ4n) is 3.22. The first-order valence-electron chi connectivity index (χ1n) is 9.41. The number of hydrogen-bond donors (Lipinski definition) is 0. The van der Waals surface area contributed by atoms with Crippen LogP contribution in [0.25, 0.3) is 16.6 Å². The maximum Gasteiger partial charge on any atom is 0.417 e. The Labute approximate surface area is 182 Å². The lowest BCUT2D eigenvalue weighted by molar-refractivity contribution is -0.138. The Balaban J connectivity index is 1.64. The van der Waals surface area contributed by atoms with Gasteiger partial charge in [0.05, 0.1) is 22.8 Å². The predicted molar refractivity (Wildman–Crippen MR) is 108 cm³/mol. The van der Waals surface area contributed by atoms with Crippen molar-refractivity contribution in [2.45, 2.75) is 12.4 Å². The Hall–Kier alpha value is -3.89. The summed E-state index contributed by atoms with van der Waals surface area (Å²) in [6.07, 6.45) is -5.39. The van der Waals surface area contributed by atoms with Crippen molar-refractivity contribution < 1.29 is 31.1 Å². The molecule has 5 nitrogen and oxygen atoms in total. The lowest BCUT2D eigenvalue weighted by atomic mass is 10.0. The number of anilines is 1. The van der Waals surface area contributed by atoms with E-state index in [9.17, 15) is 31.1 Å². The smallest absolute Gasteiger partial charge is 0.310 e. The van der Waals surface area contributed by atoms with E-state index in [1.54, 1.807) is 18.3 Å². The van der Waals surface area contributed by atoms with E-state index >= 15 is 0 Å². The molecule has 170 valence electrons. The number of carbonyl (C=O) groups is 1. The zero-order chi connectivity index (χ0) is 24.0. The third-order valence-electron chi connectivity index (χ3n) is 5.03. The number of benzene rings is 1. The molecule has 0 atom stereocenters. The molecule has 0 unspecified atom stereocenters. The molecule has 33 heavy (non-hydrogen) atoms. The molecule has 0 aliphatic carbocycles. The predicted octanol–water partition coefficient (Wildman–Crippen LogP) is 5.71. The minimum Gasteiger partial charge on any atom is -0.310 e. The van der Waals surface area contributed by atoms with Gasteiger partial charge >= 0.3 is 12.4 Å². The highest BCUT2D eigenvalue weighted by Crippen LogP contribution is 2.33. The largest absolute Gasteiger partial charge is 0.417 e. The Morgan fingerprint density at radius 2 is 1.52 bits per heavy atom. The van der Waals surface area contributed by atoms with Crippen molar-refractivity contribution in [1.29, 1.82) is 0 Å². The van der Waals surface area contributed by atoms with E-state index in [0.29, 0.717) is 28.5 Å². The number of nitrogens with zero attached hydrogens (tertiary/aromatic N) is 4. The van der Waals surface area contributed by atoms with E-state index in [1.807, 2.05) is 0 Å². The molecule has 0 aliphatic rings. The lowest BCUT2D eigenvalue weighted by Crippen LogP contribution is -2.27. The summed E-state index contributed by atoms with van der Waals surface area (Å²) in [5, 5.41) is 4.17. The van der Waals surface area contributed by atoms with Crippen LogP contribution in [0.3, 0.4) is 0 Å². The van der Waals surface area contributed by atoms with Gasteiger partial charge in [0.2, 0.25) is 0 Å². The van der Waals surface area contributed by atoms with Crippen molar-refractivity contribution in [2.75, 3.05) is 11.9 Å². The number of alkyl halides is 6. The molecular formula is C22H14F6N4O. The Bertz CT molecular complexity index is 1310. The number of halogens is 6. The molecule has 0 radical (unpaired) electrons.